The van der Waals surface area contributed by atoms with Crippen molar-refractivity contribution < 1.29 is 17.0 Å². The molecule has 1 aromatic rings. The SMILES string of the molecule is COc1cccc(C=CS(=O)(=O)F)c1. The third kappa shape index (κ3) is 3.57. The molecule has 0 atom stereocenters. The van der Waals surface area contributed by atoms with Crippen LogP contribution in [0.15, 0.2) is 29.7 Å². The van der Waals surface area contributed by atoms with E-state index >= 15 is 0 Å². The van der Waals surface area contributed by atoms with Gasteiger partial charge in [-0.25, -0.2) is 0 Å². The van der Waals surface area contributed by atoms with E-state index < -0.39 is 10.2 Å². The second kappa shape index (κ2) is 4.23. The van der Waals surface area contributed by atoms with Gasteiger partial charge in [-0.05, 0) is 23.8 Å². The van der Waals surface area contributed by atoms with Crippen LogP contribution in [0.3, 0.4) is 0 Å². The van der Waals surface area contributed by atoms with E-state index in [-0.39, 0.29) is 0 Å². The predicted molar refractivity (Wildman–Crippen MR) is 52.1 cm³/mol. The molecule has 0 bridgehead atoms. The molecule has 0 spiro atoms. The lowest BCUT2D eigenvalue weighted by molar-refractivity contribution is 0.414. The van der Waals surface area contributed by atoms with Crippen molar-refractivity contribution >= 4 is 16.3 Å². The van der Waals surface area contributed by atoms with E-state index in [0.717, 1.165) is 6.08 Å². The predicted octanol–water partition coefficient (Wildman–Crippen LogP) is 1.97. The van der Waals surface area contributed by atoms with Crippen molar-refractivity contribution in [2.75, 3.05) is 7.11 Å². The zero-order chi connectivity index (χ0) is 10.6. The molecule has 0 saturated carbocycles. The van der Waals surface area contributed by atoms with Crippen molar-refractivity contribution in [3.63, 3.8) is 0 Å². The van der Waals surface area contributed by atoms with Crippen LogP contribution >= 0.6 is 0 Å². The largest absolute Gasteiger partial charge is 0.497 e. The fourth-order valence-electron chi connectivity index (χ4n) is 0.905. The lowest BCUT2D eigenvalue weighted by Crippen LogP contribution is -1.84. The molecule has 0 N–H and O–H groups in total. The zero-order valence-electron chi connectivity index (χ0n) is 7.48. The number of halogens is 1. The second-order valence-corrected chi connectivity index (χ2v) is 3.78. The van der Waals surface area contributed by atoms with Crippen LogP contribution in [-0.2, 0) is 10.2 Å². The summed E-state index contributed by atoms with van der Waals surface area (Å²) in [6.07, 6.45) is 1.16. The quantitative estimate of drug-likeness (QED) is 0.725. The van der Waals surface area contributed by atoms with Crippen molar-refractivity contribution in [2.45, 2.75) is 0 Å². The Morgan fingerprint density at radius 2 is 2.14 bits per heavy atom. The van der Waals surface area contributed by atoms with Crippen LogP contribution in [0.5, 0.6) is 5.75 Å². The van der Waals surface area contributed by atoms with E-state index in [1.165, 1.54) is 7.11 Å². The number of rotatable bonds is 3. The van der Waals surface area contributed by atoms with E-state index in [2.05, 4.69) is 0 Å². The van der Waals surface area contributed by atoms with Crippen molar-refractivity contribution in [2.24, 2.45) is 0 Å². The molecule has 0 aliphatic carbocycles. The molecule has 1 rings (SSSR count). The Labute approximate surface area is 82.0 Å². The second-order valence-electron chi connectivity index (χ2n) is 2.55. The van der Waals surface area contributed by atoms with Crippen LogP contribution in [0.1, 0.15) is 5.56 Å². The highest BCUT2D eigenvalue weighted by Crippen LogP contribution is 2.14. The summed E-state index contributed by atoms with van der Waals surface area (Å²) in [5, 5.41) is 0.502. The first-order valence-electron chi connectivity index (χ1n) is 3.78. The van der Waals surface area contributed by atoms with Crippen LogP contribution < -0.4 is 4.74 Å². The first-order chi connectivity index (χ1) is 6.51. The third-order valence-corrected chi connectivity index (χ3v) is 1.98. The average Bonchev–Trinajstić information content (AvgIpc) is 2.14. The Kier molecular flexibility index (Phi) is 3.24. The number of methoxy groups -OCH3 is 1. The summed E-state index contributed by atoms with van der Waals surface area (Å²) in [5.41, 5.74) is 0.561. The summed E-state index contributed by atoms with van der Waals surface area (Å²) in [4.78, 5) is 0. The maximum atomic E-state index is 12.1. The van der Waals surface area contributed by atoms with Gasteiger partial charge in [0, 0.05) is 0 Å². The van der Waals surface area contributed by atoms with E-state index in [0.29, 0.717) is 16.7 Å². The molecule has 76 valence electrons. The van der Waals surface area contributed by atoms with Gasteiger partial charge in [0.05, 0.1) is 12.5 Å². The van der Waals surface area contributed by atoms with Gasteiger partial charge in [-0.15, -0.1) is 3.89 Å². The van der Waals surface area contributed by atoms with Crippen LogP contribution in [0.2, 0.25) is 0 Å². The molecule has 0 aliphatic rings. The molecule has 0 saturated heterocycles. The summed E-state index contributed by atoms with van der Waals surface area (Å²) in [6.45, 7) is 0. The summed E-state index contributed by atoms with van der Waals surface area (Å²) in [5.74, 6) is 0.586. The molecule has 5 heteroatoms. The fourth-order valence-corrected chi connectivity index (χ4v) is 1.22. The molecule has 0 unspecified atom stereocenters. The van der Waals surface area contributed by atoms with Crippen molar-refractivity contribution in [1.82, 2.24) is 0 Å². The standard InChI is InChI=1S/C9H9FO3S/c1-13-9-4-2-3-8(7-9)5-6-14(10,11)12/h2-7H,1H3. The minimum Gasteiger partial charge on any atom is -0.497 e. The minimum absolute atomic E-state index is 0.502. The van der Waals surface area contributed by atoms with Crippen LogP contribution in [0.25, 0.3) is 6.08 Å². The number of hydrogen-bond acceptors (Lipinski definition) is 3. The number of benzene rings is 1. The smallest absolute Gasteiger partial charge is 0.325 e. The first-order valence-corrected chi connectivity index (χ1v) is 5.23. The summed E-state index contributed by atoms with van der Waals surface area (Å²) in [7, 11) is -3.07. The topological polar surface area (TPSA) is 43.4 Å². The first kappa shape index (κ1) is 10.7. The number of ether oxygens (including phenoxy) is 1. The molecule has 0 aromatic heterocycles. The molecule has 0 amide bonds. The Morgan fingerprint density at radius 1 is 1.43 bits per heavy atom. The van der Waals surface area contributed by atoms with Gasteiger partial charge in [0.2, 0.25) is 0 Å². The molecule has 0 radical (unpaired) electrons. The van der Waals surface area contributed by atoms with Crippen molar-refractivity contribution in [3.05, 3.63) is 35.2 Å². The summed E-state index contributed by atoms with van der Waals surface area (Å²) < 4.78 is 37.4. The van der Waals surface area contributed by atoms with E-state index in [1.54, 1.807) is 24.3 Å². The lowest BCUT2D eigenvalue weighted by Gasteiger charge is -1.99. The van der Waals surface area contributed by atoms with Crippen molar-refractivity contribution in [3.8, 4) is 5.75 Å². The molecule has 0 heterocycles. The van der Waals surface area contributed by atoms with Gasteiger partial charge in [-0.2, -0.15) is 8.42 Å². The molecule has 14 heavy (non-hydrogen) atoms. The van der Waals surface area contributed by atoms with Gasteiger partial charge in [0.1, 0.15) is 5.75 Å². The van der Waals surface area contributed by atoms with Crippen LogP contribution in [0, 0.1) is 0 Å². The third-order valence-electron chi connectivity index (χ3n) is 1.52. The summed E-state index contributed by atoms with van der Waals surface area (Å²) in [6, 6.07) is 6.64. The zero-order valence-corrected chi connectivity index (χ0v) is 8.29. The Hall–Kier alpha value is -1.36. The molecule has 3 nitrogen and oxygen atoms in total. The molecule has 1 aromatic carbocycles. The van der Waals surface area contributed by atoms with Crippen molar-refractivity contribution in [1.29, 1.82) is 0 Å². The normalized spacial score (nSPS) is 11.9. The van der Waals surface area contributed by atoms with E-state index in [1.807, 2.05) is 0 Å². The van der Waals surface area contributed by atoms with E-state index in [4.69, 9.17) is 4.74 Å². The minimum atomic E-state index is -4.56. The maximum Gasteiger partial charge on any atom is 0.325 e. The monoisotopic (exact) mass is 216 g/mol. The molecular formula is C9H9FO3S. The van der Waals surface area contributed by atoms with Gasteiger partial charge in [0.15, 0.2) is 0 Å². The highest BCUT2D eigenvalue weighted by molar-refractivity contribution is 7.89. The summed E-state index contributed by atoms with van der Waals surface area (Å²) >= 11 is 0. The maximum absolute atomic E-state index is 12.1. The molecular weight excluding hydrogens is 207 g/mol. The van der Waals surface area contributed by atoms with Gasteiger partial charge in [-0.3, -0.25) is 0 Å². The highest BCUT2D eigenvalue weighted by atomic mass is 32.3. The molecule has 0 aliphatic heterocycles. The lowest BCUT2D eigenvalue weighted by atomic mass is 10.2. The Bertz CT molecular complexity index is 437. The average molecular weight is 216 g/mol. The van der Waals surface area contributed by atoms with Gasteiger partial charge >= 0.3 is 10.2 Å². The number of hydrogen-bond donors (Lipinski definition) is 0. The van der Waals surface area contributed by atoms with Crippen LogP contribution in [-0.4, -0.2) is 15.5 Å². The van der Waals surface area contributed by atoms with Gasteiger partial charge < -0.3 is 4.74 Å². The highest BCUT2D eigenvalue weighted by Gasteiger charge is 1.99. The van der Waals surface area contributed by atoms with E-state index in [9.17, 15) is 12.3 Å². The van der Waals surface area contributed by atoms with Crippen LogP contribution in [0.4, 0.5) is 3.89 Å². The van der Waals surface area contributed by atoms with Gasteiger partial charge in [0.25, 0.3) is 0 Å². The Morgan fingerprint density at radius 3 is 2.71 bits per heavy atom. The Balaban J connectivity index is 2.93. The fraction of sp³-hybridized carbons (Fsp3) is 0.111. The van der Waals surface area contributed by atoms with Gasteiger partial charge in [-0.1, -0.05) is 12.1 Å². The molecule has 0 fully saturated rings.